The fraction of sp³-hybridized carbons (Fsp3) is 0.284. The number of aliphatic hydroxyl groups excluding tert-OH is 1. The van der Waals surface area contributed by atoms with Gasteiger partial charge in [-0.15, -0.1) is 0 Å². The van der Waals surface area contributed by atoms with Crippen LogP contribution in [0.25, 0.3) is 0 Å². The average molecular weight is 1170 g/mol. The second-order valence-electron chi connectivity index (χ2n) is 20.5. The average Bonchev–Trinajstić information content (AvgIpc) is 1.38. The van der Waals surface area contributed by atoms with Gasteiger partial charge in [0, 0.05) is 0 Å². The summed E-state index contributed by atoms with van der Waals surface area (Å²) in [7, 11) is 0. The minimum Gasteiger partial charge on any atom is -0.453 e. The summed E-state index contributed by atoms with van der Waals surface area (Å²) in [5.41, 5.74) is 1.36. The van der Waals surface area contributed by atoms with Crippen LogP contribution in [0, 0.1) is 0 Å². The van der Waals surface area contributed by atoms with Crippen molar-refractivity contribution in [2.45, 2.75) is 119 Å². The summed E-state index contributed by atoms with van der Waals surface area (Å²) in [5, 5.41) is 12.4. The fourth-order valence-electron chi connectivity index (χ4n) is 10.1. The van der Waals surface area contributed by atoms with Gasteiger partial charge in [0.15, 0.2) is 61.6 Å². The highest BCUT2D eigenvalue weighted by Crippen LogP contribution is 2.39. The van der Waals surface area contributed by atoms with Gasteiger partial charge in [0.05, 0.1) is 58.3 Å². The zero-order chi connectivity index (χ0) is 60.1. The molecule has 444 valence electrons. The van der Waals surface area contributed by atoms with E-state index in [9.17, 15) is 33.9 Å². The molecule has 19 nitrogen and oxygen atoms in total. The summed E-state index contributed by atoms with van der Waals surface area (Å²) in [5.74, 6) is -5.26. The number of carbonyl (C=O) groups is 6. The molecule has 0 saturated carbocycles. The van der Waals surface area contributed by atoms with Crippen molar-refractivity contribution in [1.29, 1.82) is 0 Å². The van der Waals surface area contributed by atoms with Gasteiger partial charge >= 0.3 is 35.8 Å². The Labute approximate surface area is 495 Å². The van der Waals surface area contributed by atoms with Gasteiger partial charge in [-0.05, 0) is 99.1 Å². The van der Waals surface area contributed by atoms with Crippen LogP contribution in [0.4, 0.5) is 0 Å². The van der Waals surface area contributed by atoms with Crippen molar-refractivity contribution in [2.24, 2.45) is 0 Å². The minimum atomic E-state index is -1.88. The first kappa shape index (κ1) is 60.2. The van der Waals surface area contributed by atoms with Crippen LogP contribution in [0.2, 0.25) is 0 Å². The number of hydrogen-bond acceptors (Lipinski definition) is 19. The van der Waals surface area contributed by atoms with Gasteiger partial charge in [-0.25, -0.2) is 28.8 Å². The third-order valence-corrected chi connectivity index (χ3v) is 14.6. The molecule has 86 heavy (non-hydrogen) atoms. The first-order valence-corrected chi connectivity index (χ1v) is 28.0. The Morgan fingerprint density at radius 2 is 0.581 bits per heavy atom. The maximum atomic E-state index is 14.7. The van der Waals surface area contributed by atoms with Crippen LogP contribution < -0.4 is 0 Å². The summed E-state index contributed by atoms with van der Waals surface area (Å²) in [6.07, 6.45) is -23.9. The van der Waals surface area contributed by atoms with E-state index in [1.807, 2.05) is 30.3 Å². The van der Waals surface area contributed by atoms with Crippen molar-refractivity contribution < 1.29 is 90.7 Å². The van der Waals surface area contributed by atoms with Crippen LogP contribution in [-0.2, 0) is 63.4 Å². The van der Waals surface area contributed by atoms with Crippen LogP contribution in [-0.4, -0.2) is 133 Å². The molecule has 0 aliphatic carbocycles. The molecule has 3 fully saturated rings. The van der Waals surface area contributed by atoms with Gasteiger partial charge in [0.25, 0.3) is 0 Å². The molecule has 0 spiro atoms. The molecule has 15 atom stereocenters. The Kier molecular flexibility index (Phi) is 19.8. The fourth-order valence-corrected chi connectivity index (χ4v) is 10.1. The summed E-state index contributed by atoms with van der Waals surface area (Å²) in [6.45, 7) is 4.53. The van der Waals surface area contributed by atoms with E-state index in [1.54, 1.807) is 128 Å². The van der Waals surface area contributed by atoms with E-state index in [4.69, 9.17) is 56.8 Å². The second-order valence-corrected chi connectivity index (χ2v) is 20.5. The minimum absolute atomic E-state index is 0.0404. The van der Waals surface area contributed by atoms with E-state index < -0.39 is 128 Å². The molecule has 7 aromatic carbocycles. The molecule has 0 aromatic heterocycles. The molecule has 3 aliphatic heterocycles. The van der Waals surface area contributed by atoms with E-state index in [0.29, 0.717) is 5.56 Å². The summed E-state index contributed by atoms with van der Waals surface area (Å²) in [6, 6.07) is 57.0. The lowest BCUT2D eigenvalue weighted by atomic mass is 9.95. The Hall–Kier alpha value is -8.92. The van der Waals surface area contributed by atoms with Crippen molar-refractivity contribution in [3.63, 3.8) is 0 Å². The third kappa shape index (κ3) is 14.6. The zero-order valence-electron chi connectivity index (χ0n) is 46.9. The van der Waals surface area contributed by atoms with Crippen molar-refractivity contribution >= 4 is 35.8 Å². The maximum absolute atomic E-state index is 14.7. The predicted octanol–water partition coefficient (Wildman–Crippen LogP) is 8.92. The maximum Gasteiger partial charge on any atom is 0.338 e. The molecule has 0 bridgehead atoms. The summed E-state index contributed by atoms with van der Waals surface area (Å²) < 4.78 is 77.7. The highest BCUT2D eigenvalue weighted by Gasteiger charge is 2.58. The smallest absolute Gasteiger partial charge is 0.338 e. The van der Waals surface area contributed by atoms with Gasteiger partial charge < -0.3 is 61.9 Å². The predicted molar refractivity (Wildman–Crippen MR) is 304 cm³/mol. The van der Waals surface area contributed by atoms with Crippen LogP contribution in [0.5, 0.6) is 0 Å². The van der Waals surface area contributed by atoms with Crippen molar-refractivity contribution in [3.05, 3.63) is 251 Å². The molecular formula is C67H62O19. The van der Waals surface area contributed by atoms with E-state index in [-0.39, 0.29) is 40.0 Å². The lowest BCUT2D eigenvalue weighted by Gasteiger charge is -2.50. The third-order valence-electron chi connectivity index (χ3n) is 14.6. The molecule has 1 N–H and O–H groups in total. The Morgan fingerprint density at radius 1 is 0.314 bits per heavy atom. The molecule has 10 rings (SSSR count). The van der Waals surface area contributed by atoms with Crippen LogP contribution in [0.1, 0.15) is 88.5 Å². The highest BCUT2D eigenvalue weighted by atomic mass is 16.8. The Balaban J connectivity index is 1.08. The second kappa shape index (κ2) is 28.3. The first-order chi connectivity index (χ1) is 41.8. The number of aliphatic hydroxyl groups is 1. The van der Waals surface area contributed by atoms with Gasteiger partial charge in [0.1, 0.15) is 12.2 Å². The first-order valence-electron chi connectivity index (χ1n) is 28.0. The molecule has 0 unspecified atom stereocenters. The summed E-state index contributed by atoms with van der Waals surface area (Å²) in [4.78, 5) is 85.4. The SMILES string of the molecule is C[C@@H]1O[C@@H](O[C@@H]2[C@@H](OC(=O)c3ccccc3)[C@H](C)O[C@@H](O[C@H]3[C@H](OCc4ccccc4)O[C@@H](C)[C@H](OC(=O)c4ccccc4)[C@H]3OC(=O)c3ccccc3)[C@@H]2OC(=O)c2ccccc2)[C@H](OC(=O)c2ccccc2)[C@H](O)[C@H]1OC(=O)c1ccccc1. The number of carbonyl (C=O) groups excluding carboxylic acids is 6. The quantitative estimate of drug-likeness (QED) is 0.0588. The van der Waals surface area contributed by atoms with E-state index in [0.717, 1.165) is 0 Å². The molecule has 7 aromatic rings. The molecule has 0 amide bonds. The van der Waals surface area contributed by atoms with Crippen LogP contribution in [0.15, 0.2) is 212 Å². The van der Waals surface area contributed by atoms with Gasteiger partial charge in [-0.2, -0.15) is 0 Å². The number of rotatable bonds is 19. The molecule has 3 aliphatic rings. The van der Waals surface area contributed by atoms with Crippen molar-refractivity contribution in [2.75, 3.05) is 0 Å². The topological polar surface area (TPSA) is 233 Å². The monoisotopic (exact) mass is 1170 g/mol. The van der Waals surface area contributed by atoms with E-state index >= 15 is 0 Å². The molecule has 3 saturated heterocycles. The molecular weight excluding hydrogens is 1110 g/mol. The lowest BCUT2D eigenvalue weighted by molar-refractivity contribution is -0.378. The van der Waals surface area contributed by atoms with E-state index in [2.05, 4.69) is 0 Å². The largest absolute Gasteiger partial charge is 0.453 e. The van der Waals surface area contributed by atoms with Gasteiger partial charge in [-0.3, -0.25) is 0 Å². The Morgan fingerprint density at radius 3 is 0.965 bits per heavy atom. The molecule has 0 radical (unpaired) electrons. The number of hydrogen-bond donors (Lipinski definition) is 1. The Bertz CT molecular complexity index is 3360. The normalized spacial score (nSPS) is 27.0. The lowest BCUT2D eigenvalue weighted by Crippen LogP contribution is -2.67. The van der Waals surface area contributed by atoms with Crippen LogP contribution >= 0.6 is 0 Å². The van der Waals surface area contributed by atoms with Crippen molar-refractivity contribution in [1.82, 2.24) is 0 Å². The summed E-state index contributed by atoms with van der Waals surface area (Å²) >= 11 is 0. The number of ether oxygens (including phenoxy) is 12. The van der Waals surface area contributed by atoms with Gasteiger partial charge in [0.2, 0.25) is 0 Å². The highest BCUT2D eigenvalue weighted by molar-refractivity contribution is 5.92. The standard InChI is InChI=1S/C67H62O19/c1-40-51(79-59(69)44-27-13-5-14-28-44)50(68)54(82-62(72)47-33-19-8-20-34-47)66(77-40)85-56-53(81-61(71)46-31-17-7-18-32-46)42(3)78-67(58(56)84-64(74)49-37-23-10-24-38-49)86-57-55(83-63(73)48-35-21-9-22-36-48)52(80-60(70)45-29-15-6-16-30-45)41(2)76-65(57)75-39-43-25-11-4-12-26-43/h4-38,40-42,50-58,65-68H,39H2,1-3H3/t40-,41-,42-,50+,51-,52-,53-,54+,55+,56+,57+,58+,65+,66-,67-/m0/s1. The number of esters is 6. The van der Waals surface area contributed by atoms with Crippen LogP contribution in [0.3, 0.4) is 0 Å². The van der Waals surface area contributed by atoms with E-state index in [1.165, 1.54) is 74.5 Å². The number of benzene rings is 7. The molecule has 19 heteroatoms. The van der Waals surface area contributed by atoms with Gasteiger partial charge in [-0.1, -0.05) is 140 Å². The van der Waals surface area contributed by atoms with Crippen molar-refractivity contribution in [3.8, 4) is 0 Å². The zero-order valence-corrected chi connectivity index (χ0v) is 46.9. The molecule has 3 heterocycles.